The smallest absolute Gasteiger partial charge is 0.165 e. The molecule has 0 aliphatic rings. The highest BCUT2D eigenvalue weighted by Crippen LogP contribution is 2.05. The number of allylic oxidation sites excluding steroid dienone is 1. The Balaban J connectivity index is 4.08. The average molecular weight is 146 g/mol. The molecule has 0 aromatic rings. The number of hydrogen-bond acceptors (Lipinski definition) is 1. The van der Waals surface area contributed by atoms with Crippen molar-refractivity contribution in [2.75, 3.05) is 0 Å². The van der Waals surface area contributed by atoms with Gasteiger partial charge >= 0.3 is 0 Å². The number of halogens is 2. The van der Waals surface area contributed by atoms with E-state index in [4.69, 9.17) is 5.11 Å². The van der Waals surface area contributed by atoms with Crippen LogP contribution in [0.5, 0.6) is 0 Å². The molecule has 0 aromatic heterocycles. The molecule has 0 saturated heterocycles. The number of rotatable bonds is 2. The highest BCUT2D eigenvalue weighted by molar-refractivity contribution is 5.13. The van der Waals surface area contributed by atoms with E-state index in [1.54, 1.807) is 5.92 Å². The SMILES string of the molecule is C#CC(O)/C(F)=C/C(C)F. The molecule has 2 unspecified atom stereocenters. The second-order valence-corrected chi connectivity index (χ2v) is 1.80. The Kier molecular flexibility index (Phi) is 3.67. The summed E-state index contributed by atoms with van der Waals surface area (Å²) in [5.41, 5.74) is 0. The van der Waals surface area contributed by atoms with Crippen molar-refractivity contribution < 1.29 is 13.9 Å². The van der Waals surface area contributed by atoms with Gasteiger partial charge < -0.3 is 5.11 Å². The minimum Gasteiger partial charge on any atom is -0.374 e. The molecule has 0 saturated carbocycles. The van der Waals surface area contributed by atoms with Gasteiger partial charge in [-0.3, -0.25) is 0 Å². The Labute approximate surface area is 58.4 Å². The van der Waals surface area contributed by atoms with E-state index in [2.05, 4.69) is 6.42 Å². The van der Waals surface area contributed by atoms with Gasteiger partial charge in [0.25, 0.3) is 0 Å². The first-order chi connectivity index (χ1) is 4.57. The molecule has 56 valence electrons. The molecule has 0 spiro atoms. The van der Waals surface area contributed by atoms with Crippen molar-refractivity contribution in [1.82, 2.24) is 0 Å². The number of alkyl halides is 1. The zero-order chi connectivity index (χ0) is 8.15. The van der Waals surface area contributed by atoms with Crippen LogP contribution in [-0.4, -0.2) is 17.4 Å². The standard InChI is InChI=1S/C7H8F2O/c1-3-7(10)6(9)4-5(2)8/h1,4-5,7,10H,2H3/b6-4-. The van der Waals surface area contributed by atoms with Gasteiger partial charge in [0.15, 0.2) is 6.10 Å². The maximum Gasteiger partial charge on any atom is 0.165 e. The molecule has 0 bridgehead atoms. The van der Waals surface area contributed by atoms with E-state index in [1.807, 2.05) is 0 Å². The van der Waals surface area contributed by atoms with E-state index in [0.717, 1.165) is 6.92 Å². The van der Waals surface area contributed by atoms with E-state index < -0.39 is 18.1 Å². The number of hydrogen-bond donors (Lipinski definition) is 1. The van der Waals surface area contributed by atoms with Gasteiger partial charge in [-0.1, -0.05) is 5.92 Å². The van der Waals surface area contributed by atoms with Crippen LogP contribution in [0.4, 0.5) is 8.78 Å². The van der Waals surface area contributed by atoms with Crippen molar-refractivity contribution in [2.45, 2.75) is 19.2 Å². The highest BCUT2D eigenvalue weighted by Gasteiger charge is 2.06. The maximum absolute atomic E-state index is 12.3. The third-order valence-corrected chi connectivity index (χ3v) is 0.808. The predicted octanol–water partition coefficient (Wildman–Crippen LogP) is 1.19. The quantitative estimate of drug-likeness (QED) is 0.580. The summed E-state index contributed by atoms with van der Waals surface area (Å²) in [5, 5.41) is 8.53. The minimum atomic E-state index is -1.61. The van der Waals surface area contributed by atoms with Crippen LogP contribution < -0.4 is 0 Å². The van der Waals surface area contributed by atoms with E-state index in [1.165, 1.54) is 0 Å². The number of aliphatic hydroxyl groups is 1. The molecular weight excluding hydrogens is 138 g/mol. The fourth-order valence-corrected chi connectivity index (χ4v) is 0.390. The van der Waals surface area contributed by atoms with Crippen LogP contribution in [0.25, 0.3) is 0 Å². The lowest BCUT2D eigenvalue weighted by Crippen LogP contribution is -2.04. The van der Waals surface area contributed by atoms with E-state index in [9.17, 15) is 8.78 Å². The minimum absolute atomic E-state index is 0.629. The first-order valence-corrected chi connectivity index (χ1v) is 2.73. The van der Waals surface area contributed by atoms with Gasteiger partial charge in [0.1, 0.15) is 12.0 Å². The van der Waals surface area contributed by atoms with Gasteiger partial charge in [0.05, 0.1) is 0 Å². The molecule has 1 N–H and O–H groups in total. The molecule has 0 aliphatic heterocycles. The molecule has 0 aliphatic carbocycles. The molecule has 0 aromatic carbocycles. The normalized spacial score (nSPS) is 17.7. The van der Waals surface area contributed by atoms with Crippen molar-refractivity contribution in [1.29, 1.82) is 0 Å². The fraction of sp³-hybridized carbons (Fsp3) is 0.429. The monoisotopic (exact) mass is 146 g/mol. The number of terminal acetylenes is 1. The second-order valence-electron chi connectivity index (χ2n) is 1.80. The predicted molar refractivity (Wildman–Crippen MR) is 34.6 cm³/mol. The molecule has 3 heteroatoms. The number of aliphatic hydroxyl groups excluding tert-OH is 1. The van der Waals surface area contributed by atoms with E-state index >= 15 is 0 Å². The van der Waals surface area contributed by atoms with Crippen LogP contribution in [0.1, 0.15) is 6.92 Å². The molecular formula is C7H8F2O. The summed E-state index contributed by atoms with van der Waals surface area (Å²) in [6, 6.07) is 0. The second kappa shape index (κ2) is 4.02. The Morgan fingerprint density at radius 1 is 1.80 bits per heavy atom. The van der Waals surface area contributed by atoms with Gasteiger partial charge in [-0.25, -0.2) is 8.78 Å². The van der Waals surface area contributed by atoms with Crippen molar-refractivity contribution >= 4 is 0 Å². The van der Waals surface area contributed by atoms with Crippen molar-refractivity contribution in [3.05, 3.63) is 11.9 Å². The van der Waals surface area contributed by atoms with Crippen molar-refractivity contribution in [3.8, 4) is 12.3 Å². The zero-order valence-corrected chi connectivity index (χ0v) is 5.51. The molecule has 0 heterocycles. The van der Waals surface area contributed by atoms with Crippen LogP contribution in [0.15, 0.2) is 11.9 Å². The molecule has 1 nitrogen and oxygen atoms in total. The topological polar surface area (TPSA) is 20.2 Å². The van der Waals surface area contributed by atoms with Crippen molar-refractivity contribution in [3.63, 3.8) is 0 Å². The highest BCUT2D eigenvalue weighted by atomic mass is 19.1. The lowest BCUT2D eigenvalue weighted by atomic mass is 10.2. The van der Waals surface area contributed by atoms with Crippen LogP contribution >= 0.6 is 0 Å². The summed E-state index contributed by atoms with van der Waals surface area (Å²) in [6.07, 6.45) is 2.23. The Morgan fingerprint density at radius 3 is 2.60 bits per heavy atom. The van der Waals surface area contributed by atoms with Crippen LogP contribution in [0.3, 0.4) is 0 Å². The van der Waals surface area contributed by atoms with Crippen LogP contribution in [0, 0.1) is 12.3 Å². The summed E-state index contributed by atoms with van der Waals surface area (Å²) in [7, 11) is 0. The first-order valence-electron chi connectivity index (χ1n) is 2.73. The largest absolute Gasteiger partial charge is 0.374 e. The average Bonchev–Trinajstić information content (AvgIpc) is 1.85. The molecule has 0 radical (unpaired) electrons. The molecule has 0 rings (SSSR count). The van der Waals surface area contributed by atoms with Crippen LogP contribution in [-0.2, 0) is 0 Å². The molecule has 10 heavy (non-hydrogen) atoms. The third kappa shape index (κ3) is 3.21. The lowest BCUT2D eigenvalue weighted by molar-refractivity contribution is 0.234. The van der Waals surface area contributed by atoms with Crippen LogP contribution in [0.2, 0.25) is 0 Å². The Bertz CT molecular complexity index is 167. The third-order valence-electron chi connectivity index (χ3n) is 0.808. The summed E-state index contributed by atoms with van der Waals surface area (Å²) < 4.78 is 24.2. The summed E-state index contributed by atoms with van der Waals surface area (Å²) >= 11 is 0. The first kappa shape index (κ1) is 9.12. The summed E-state index contributed by atoms with van der Waals surface area (Å²) in [4.78, 5) is 0. The van der Waals surface area contributed by atoms with Gasteiger partial charge in [0.2, 0.25) is 0 Å². The van der Waals surface area contributed by atoms with Gasteiger partial charge in [-0.15, -0.1) is 6.42 Å². The summed E-state index contributed by atoms with van der Waals surface area (Å²) in [5.74, 6) is 0.699. The molecule has 2 atom stereocenters. The van der Waals surface area contributed by atoms with E-state index in [-0.39, 0.29) is 0 Å². The fourth-order valence-electron chi connectivity index (χ4n) is 0.390. The molecule has 0 fully saturated rings. The molecule has 0 amide bonds. The Hall–Kier alpha value is -0.880. The van der Waals surface area contributed by atoms with Gasteiger partial charge in [0, 0.05) is 0 Å². The maximum atomic E-state index is 12.3. The van der Waals surface area contributed by atoms with Gasteiger partial charge in [-0.2, -0.15) is 0 Å². The van der Waals surface area contributed by atoms with Crippen molar-refractivity contribution in [2.24, 2.45) is 0 Å². The Morgan fingerprint density at radius 2 is 2.30 bits per heavy atom. The zero-order valence-electron chi connectivity index (χ0n) is 5.51. The summed E-state index contributed by atoms with van der Waals surface area (Å²) in [6.45, 7) is 1.14. The van der Waals surface area contributed by atoms with E-state index in [0.29, 0.717) is 6.08 Å². The van der Waals surface area contributed by atoms with Gasteiger partial charge in [-0.05, 0) is 13.0 Å². The lowest BCUT2D eigenvalue weighted by Gasteiger charge is -1.98.